The van der Waals surface area contributed by atoms with Crippen LogP contribution in [0.25, 0.3) is 0 Å². The molecule has 0 radical (unpaired) electrons. The van der Waals surface area contributed by atoms with Crippen molar-refractivity contribution in [3.8, 4) is 0 Å². The van der Waals surface area contributed by atoms with Gasteiger partial charge >= 0.3 is 17.8 Å². The lowest BCUT2D eigenvalue weighted by Gasteiger charge is -2.25. The van der Waals surface area contributed by atoms with Crippen LogP contribution in [0.3, 0.4) is 0 Å². The van der Waals surface area contributed by atoms with Crippen LogP contribution in [0.1, 0.15) is 26.3 Å². The molecular weight excluding hydrogens is 512 g/mol. The summed E-state index contributed by atoms with van der Waals surface area (Å²) in [4.78, 5) is 50.9. The number of halogens is 1. The summed E-state index contributed by atoms with van der Waals surface area (Å²) in [7, 11) is 0. The predicted octanol–water partition coefficient (Wildman–Crippen LogP) is 4.43. The Morgan fingerprint density at radius 1 is 1.08 bits per heavy atom. The van der Waals surface area contributed by atoms with Crippen LogP contribution in [-0.4, -0.2) is 47.4 Å². The van der Waals surface area contributed by atoms with Crippen LogP contribution in [-0.2, 0) is 25.5 Å². The normalized spacial score (nSPS) is 11.6. The summed E-state index contributed by atoms with van der Waals surface area (Å²) in [6.45, 7) is 13.4. The molecule has 1 unspecified atom stereocenters. The Labute approximate surface area is 226 Å². The van der Waals surface area contributed by atoms with Crippen LogP contribution in [0.4, 0.5) is 17.1 Å². The largest absolute Gasteiger partial charge is 0.458 e. The SMILES string of the molecule is C=CCN(CC=C)c1ccc(Cl)cc1NC(=O)C(=O)NC(Cc1ccc([N+](=O)[O-])cc1)C(=O)OC(C)(C)C. The maximum atomic E-state index is 12.9. The second-order valence-corrected chi connectivity index (χ2v) is 9.72. The minimum absolute atomic E-state index is 0.0548. The second kappa shape index (κ2) is 13.4. The maximum absolute atomic E-state index is 12.9. The number of hydrogen-bond donors (Lipinski definition) is 2. The lowest BCUT2D eigenvalue weighted by molar-refractivity contribution is -0.384. The van der Waals surface area contributed by atoms with Gasteiger partial charge in [-0.3, -0.25) is 19.7 Å². The first-order chi connectivity index (χ1) is 17.8. The fraction of sp³-hybridized carbons (Fsp3) is 0.296. The number of nitrogens with one attached hydrogen (secondary N) is 2. The van der Waals surface area contributed by atoms with E-state index in [0.717, 1.165) is 0 Å². The standard InChI is InChI=1S/C27H31ClN4O6/c1-6-14-31(15-7-2)23-13-10-19(28)17-21(23)29-24(33)25(34)30-22(26(35)38-27(3,4)5)16-18-8-11-20(12-9-18)32(36)37/h6-13,17,22H,1-2,14-16H2,3-5H3,(H,29,33)(H,30,34). The number of carbonyl (C=O) groups excluding carboxylic acids is 3. The van der Waals surface area contributed by atoms with E-state index in [1.807, 2.05) is 4.90 Å². The van der Waals surface area contributed by atoms with Crippen molar-refractivity contribution in [3.63, 3.8) is 0 Å². The Balaban J connectivity index is 2.27. The molecule has 10 nitrogen and oxygen atoms in total. The van der Waals surface area contributed by atoms with Gasteiger partial charge in [0.25, 0.3) is 5.69 Å². The molecule has 0 aliphatic heterocycles. The summed E-state index contributed by atoms with van der Waals surface area (Å²) in [6, 6.07) is 9.12. The number of nitrogens with zero attached hydrogens (tertiary/aromatic N) is 2. The summed E-state index contributed by atoms with van der Waals surface area (Å²) < 4.78 is 5.42. The summed E-state index contributed by atoms with van der Waals surface area (Å²) >= 11 is 6.13. The Morgan fingerprint density at radius 3 is 2.21 bits per heavy atom. The van der Waals surface area contributed by atoms with E-state index >= 15 is 0 Å². The van der Waals surface area contributed by atoms with E-state index in [0.29, 0.717) is 29.4 Å². The fourth-order valence-electron chi connectivity index (χ4n) is 3.43. The Morgan fingerprint density at radius 2 is 1.68 bits per heavy atom. The number of benzene rings is 2. The average Bonchev–Trinajstić information content (AvgIpc) is 2.83. The average molecular weight is 543 g/mol. The molecule has 2 aromatic rings. The first-order valence-electron chi connectivity index (χ1n) is 11.7. The highest BCUT2D eigenvalue weighted by molar-refractivity contribution is 6.40. The van der Waals surface area contributed by atoms with Gasteiger partial charge in [0.2, 0.25) is 0 Å². The summed E-state index contributed by atoms with van der Waals surface area (Å²) in [5.41, 5.74) is 0.419. The lowest BCUT2D eigenvalue weighted by Crippen LogP contribution is -2.49. The van der Waals surface area contributed by atoms with Gasteiger partial charge in [0.1, 0.15) is 11.6 Å². The van der Waals surface area contributed by atoms with Crippen molar-refractivity contribution < 1.29 is 24.0 Å². The van der Waals surface area contributed by atoms with Crippen molar-refractivity contribution in [2.75, 3.05) is 23.3 Å². The van der Waals surface area contributed by atoms with Crippen LogP contribution >= 0.6 is 11.6 Å². The molecule has 1 atom stereocenters. The molecule has 2 aromatic carbocycles. The van der Waals surface area contributed by atoms with E-state index in [-0.39, 0.29) is 17.8 Å². The molecule has 0 heterocycles. The second-order valence-electron chi connectivity index (χ2n) is 9.29. The molecule has 0 saturated heterocycles. The first kappa shape index (κ1) is 30.0. The fourth-order valence-corrected chi connectivity index (χ4v) is 3.60. The van der Waals surface area contributed by atoms with Crippen LogP contribution in [0, 0.1) is 10.1 Å². The van der Waals surface area contributed by atoms with Gasteiger partial charge in [-0.25, -0.2) is 4.79 Å². The molecule has 2 amide bonds. The van der Waals surface area contributed by atoms with E-state index in [1.54, 1.807) is 45.1 Å². The number of carbonyl (C=O) groups is 3. The van der Waals surface area contributed by atoms with Gasteiger partial charge in [-0.15, -0.1) is 13.2 Å². The third-order valence-electron chi connectivity index (χ3n) is 5.04. The van der Waals surface area contributed by atoms with Gasteiger partial charge in [0.15, 0.2) is 0 Å². The molecule has 0 bridgehead atoms. The van der Waals surface area contributed by atoms with Crippen molar-refractivity contribution in [3.05, 3.63) is 88.5 Å². The molecule has 38 heavy (non-hydrogen) atoms. The van der Waals surface area contributed by atoms with Gasteiger partial charge < -0.3 is 20.3 Å². The minimum Gasteiger partial charge on any atom is -0.458 e. The summed E-state index contributed by atoms with van der Waals surface area (Å²) in [6.07, 6.45) is 3.31. The van der Waals surface area contributed by atoms with Crippen LogP contribution in [0.15, 0.2) is 67.8 Å². The Bertz CT molecular complexity index is 1200. The van der Waals surface area contributed by atoms with E-state index in [2.05, 4.69) is 23.8 Å². The molecule has 11 heteroatoms. The van der Waals surface area contributed by atoms with E-state index in [1.165, 1.54) is 30.3 Å². The van der Waals surface area contributed by atoms with Crippen molar-refractivity contribution in [2.45, 2.75) is 38.8 Å². The Hall–Kier alpha value is -4.18. The highest BCUT2D eigenvalue weighted by atomic mass is 35.5. The highest BCUT2D eigenvalue weighted by Gasteiger charge is 2.29. The molecular formula is C27H31ClN4O6. The van der Waals surface area contributed by atoms with Crippen molar-refractivity contribution in [1.29, 1.82) is 0 Å². The molecule has 0 aromatic heterocycles. The third-order valence-corrected chi connectivity index (χ3v) is 5.27. The highest BCUT2D eigenvalue weighted by Crippen LogP contribution is 2.29. The zero-order valence-electron chi connectivity index (χ0n) is 21.5. The maximum Gasteiger partial charge on any atom is 0.329 e. The molecule has 0 fully saturated rings. The number of non-ortho nitro benzene ring substituents is 1. The Kier molecular flexibility index (Phi) is 10.6. The number of nitro benzene ring substituents is 1. The third kappa shape index (κ3) is 9.04. The molecule has 0 aliphatic rings. The molecule has 202 valence electrons. The predicted molar refractivity (Wildman–Crippen MR) is 147 cm³/mol. The number of nitro groups is 1. The lowest BCUT2D eigenvalue weighted by atomic mass is 10.0. The summed E-state index contributed by atoms with van der Waals surface area (Å²) in [5.74, 6) is -2.86. The molecule has 0 aliphatic carbocycles. The molecule has 2 rings (SSSR count). The van der Waals surface area contributed by atoms with Crippen LogP contribution in [0.5, 0.6) is 0 Å². The van der Waals surface area contributed by atoms with Gasteiger partial charge in [0, 0.05) is 36.7 Å². The van der Waals surface area contributed by atoms with Crippen molar-refractivity contribution >= 4 is 46.4 Å². The molecule has 2 N–H and O–H groups in total. The van der Waals surface area contributed by atoms with Crippen molar-refractivity contribution in [2.24, 2.45) is 0 Å². The minimum atomic E-state index is -1.23. The van der Waals surface area contributed by atoms with Gasteiger partial charge in [-0.1, -0.05) is 35.9 Å². The van der Waals surface area contributed by atoms with Gasteiger partial charge in [-0.2, -0.15) is 0 Å². The number of ether oxygens (including phenoxy) is 1. The van der Waals surface area contributed by atoms with Gasteiger partial charge in [-0.05, 0) is 44.5 Å². The van der Waals surface area contributed by atoms with E-state index in [4.69, 9.17) is 16.3 Å². The summed E-state index contributed by atoms with van der Waals surface area (Å²) in [5, 5.41) is 16.3. The monoisotopic (exact) mass is 542 g/mol. The number of anilines is 2. The van der Waals surface area contributed by atoms with E-state index in [9.17, 15) is 24.5 Å². The first-order valence-corrected chi connectivity index (χ1v) is 12.1. The zero-order valence-corrected chi connectivity index (χ0v) is 22.3. The number of hydrogen-bond acceptors (Lipinski definition) is 7. The quantitative estimate of drug-likeness (QED) is 0.141. The molecule has 0 spiro atoms. The number of esters is 1. The van der Waals surface area contributed by atoms with Crippen LogP contribution in [0.2, 0.25) is 5.02 Å². The smallest absolute Gasteiger partial charge is 0.329 e. The molecule has 0 saturated carbocycles. The number of amides is 2. The zero-order chi connectivity index (χ0) is 28.5. The van der Waals surface area contributed by atoms with Crippen molar-refractivity contribution in [1.82, 2.24) is 5.32 Å². The topological polar surface area (TPSA) is 131 Å². The van der Waals surface area contributed by atoms with Gasteiger partial charge in [0.05, 0.1) is 16.3 Å². The number of rotatable bonds is 11. The van der Waals surface area contributed by atoms with E-state index < -0.39 is 34.3 Å². The van der Waals surface area contributed by atoms with Crippen LogP contribution < -0.4 is 15.5 Å².